The van der Waals surface area contributed by atoms with Crippen LogP contribution in [0.5, 0.6) is 0 Å². The Morgan fingerprint density at radius 2 is 2.24 bits per heavy atom. The Labute approximate surface area is 98.2 Å². The lowest BCUT2D eigenvalue weighted by molar-refractivity contribution is -0.385. The van der Waals surface area contributed by atoms with E-state index in [4.69, 9.17) is 4.42 Å². The first-order valence-corrected chi connectivity index (χ1v) is 5.17. The Morgan fingerprint density at radius 3 is 2.82 bits per heavy atom. The van der Waals surface area contributed by atoms with Crippen molar-refractivity contribution < 1.29 is 9.34 Å². The molecule has 0 fully saturated rings. The molecular formula is C12H12N2O3. The molecule has 5 nitrogen and oxygen atoms in total. The maximum Gasteiger partial charge on any atom is 0.272 e. The van der Waals surface area contributed by atoms with Gasteiger partial charge in [-0.25, -0.2) is 0 Å². The summed E-state index contributed by atoms with van der Waals surface area (Å²) in [4.78, 5) is 10.3. The molecule has 1 aromatic heterocycles. The van der Waals surface area contributed by atoms with E-state index < -0.39 is 0 Å². The van der Waals surface area contributed by atoms with Crippen LogP contribution in [-0.4, -0.2) is 4.92 Å². The van der Waals surface area contributed by atoms with Crippen molar-refractivity contribution in [3.63, 3.8) is 0 Å². The Bertz CT molecular complexity index is 521. The van der Waals surface area contributed by atoms with E-state index in [-0.39, 0.29) is 10.6 Å². The van der Waals surface area contributed by atoms with Gasteiger partial charge in [-0.2, -0.15) is 0 Å². The van der Waals surface area contributed by atoms with Gasteiger partial charge in [0.05, 0.1) is 17.4 Å². The van der Waals surface area contributed by atoms with Crippen LogP contribution >= 0.6 is 0 Å². The second kappa shape index (κ2) is 4.69. The predicted octanol–water partition coefficient (Wildman–Crippen LogP) is 3.11. The molecule has 0 saturated heterocycles. The lowest BCUT2D eigenvalue weighted by atomic mass is 10.2. The molecule has 1 N–H and O–H groups in total. The molecule has 0 bridgehead atoms. The fourth-order valence-corrected chi connectivity index (χ4v) is 1.57. The zero-order valence-corrected chi connectivity index (χ0v) is 9.34. The van der Waals surface area contributed by atoms with Crippen LogP contribution in [0.3, 0.4) is 0 Å². The van der Waals surface area contributed by atoms with Crippen molar-refractivity contribution in [2.24, 2.45) is 0 Å². The van der Waals surface area contributed by atoms with Crippen LogP contribution in [0.25, 0.3) is 0 Å². The van der Waals surface area contributed by atoms with Gasteiger partial charge in [0.2, 0.25) is 0 Å². The summed E-state index contributed by atoms with van der Waals surface area (Å²) < 4.78 is 4.95. The quantitative estimate of drug-likeness (QED) is 0.649. The first kappa shape index (κ1) is 11.2. The number of hydrogen-bond acceptors (Lipinski definition) is 4. The van der Waals surface area contributed by atoms with Crippen LogP contribution in [0.2, 0.25) is 0 Å². The van der Waals surface area contributed by atoms with Crippen molar-refractivity contribution in [2.45, 2.75) is 13.5 Å². The zero-order chi connectivity index (χ0) is 12.3. The van der Waals surface area contributed by atoms with E-state index in [1.165, 1.54) is 6.07 Å². The van der Waals surface area contributed by atoms with Gasteiger partial charge < -0.3 is 9.73 Å². The third kappa shape index (κ3) is 2.63. The second-order valence-electron chi connectivity index (χ2n) is 3.74. The third-order valence-corrected chi connectivity index (χ3v) is 2.47. The molecule has 2 rings (SSSR count). The molecule has 17 heavy (non-hydrogen) atoms. The summed E-state index contributed by atoms with van der Waals surface area (Å²) in [6.45, 7) is 2.36. The zero-order valence-electron chi connectivity index (χ0n) is 9.34. The van der Waals surface area contributed by atoms with E-state index in [2.05, 4.69) is 5.32 Å². The summed E-state index contributed by atoms with van der Waals surface area (Å²) in [5.74, 6) is 0. The van der Waals surface area contributed by atoms with Crippen LogP contribution in [-0.2, 0) is 6.54 Å². The van der Waals surface area contributed by atoms with Gasteiger partial charge in [-0.1, -0.05) is 0 Å². The average molecular weight is 232 g/mol. The first-order chi connectivity index (χ1) is 8.16. The van der Waals surface area contributed by atoms with Gasteiger partial charge in [-0.05, 0) is 25.1 Å². The normalized spacial score (nSPS) is 10.2. The molecule has 1 aromatic carbocycles. The molecule has 5 heteroatoms. The van der Waals surface area contributed by atoms with Gasteiger partial charge >= 0.3 is 0 Å². The smallest absolute Gasteiger partial charge is 0.272 e. The van der Waals surface area contributed by atoms with Crippen molar-refractivity contribution in [1.82, 2.24) is 0 Å². The van der Waals surface area contributed by atoms with Crippen LogP contribution in [0.1, 0.15) is 11.1 Å². The van der Waals surface area contributed by atoms with Gasteiger partial charge in [0.1, 0.15) is 0 Å². The van der Waals surface area contributed by atoms with Crippen molar-refractivity contribution >= 4 is 11.4 Å². The van der Waals surface area contributed by atoms with Crippen LogP contribution in [0, 0.1) is 17.0 Å². The average Bonchev–Trinajstić information content (AvgIpc) is 2.78. The van der Waals surface area contributed by atoms with Crippen molar-refractivity contribution in [2.75, 3.05) is 5.32 Å². The highest BCUT2D eigenvalue weighted by molar-refractivity contribution is 5.53. The fraction of sp³-hybridized carbons (Fsp3) is 0.167. The molecule has 0 aliphatic heterocycles. The number of nitro groups is 1. The van der Waals surface area contributed by atoms with Crippen molar-refractivity contribution in [1.29, 1.82) is 0 Å². The highest BCUT2D eigenvalue weighted by Crippen LogP contribution is 2.21. The number of rotatable bonds is 4. The summed E-state index contributed by atoms with van der Waals surface area (Å²) in [6, 6.07) is 6.84. The SMILES string of the molecule is Cc1cc(NCc2ccoc2)ccc1[N+](=O)[O-]. The Hall–Kier alpha value is -2.30. The first-order valence-electron chi connectivity index (χ1n) is 5.17. The van der Waals surface area contributed by atoms with Crippen molar-refractivity contribution in [3.8, 4) is 0 Å². The molecule has 0 aliphatic carbocycles. The van der Waals surface area contributed by atoms with Gasteiger partial charge in [0, 0.05) is 29.4 Å². The molecule has 1 heterocycles. The molecule has 0 aliphatic rings. The fourth-order valence-electron chi connectivity index (χ4n) is 1.57. The predicted molar refractivity (Wildman–Crippen MR) is 63.9 cm³/mol. The van der Waals surface area contributed by atoms with Crippen LogP contribution in [0.4, 0.5) is 11.4 Å². The van der Waals surface area contributed by atoms with Crippen LogP contribution < -0.4 is 5.32 Å². The van der Waals surface area contributed by atoms with Gasteiger partial charge in [0.25, 0.3) is 5.69 Å². The lowest BCUT2D eigenvalue weighted by Crippen LogP contribution is -1.99. The molecule has 0 unspecified atom stereocenters. The summed E-state index contributed by atoms with van der Waals surface area (Å²) in [6.07, 6.45) is 3.27. The molecule has 2 aromatic rings. The number of benzene rings is 1. The van der Waals surface area contributed by atoms with E-state index in [9.17, 15) is 10.1 Å². The van der Waals surface area contributed by atoms with E-state index in [1.54, 1.807) is 31.6 Å². The number of hydrogen-bond donors (Lipinski definition) is 1. The molecule has 0 spiro atoms. The standard InChI is InChI=1S/C12H12N2O3/c1-9-6-11(2-3-12(9)14(15)16)13-7-10-4-5-17-8-10/h2-6,8,13H,7H2,1H3. The Morgan fingerprint density at radius 1 is 1.41 bits per heavy atom. The molecule has 0 amide bonds. The molecule has 88 valence electrons. The minimum Gasteiger partial charge on any atom is -0.472 e. The summed E-state index contributed by atoms with van der Waals surface area (Å²) in [7, 11) is 0. The number of aryl methyl sites for hydroxylation is 1. The Kier molecular flexibility index (Phi) is 3.09. The monoisotopic (exact) mass is 232 g/mol. The number of nitro benzene ring substituents is 1. The summed E-state index contributed by atoms with van der Waals surface area (Å²) >= 11 is 0. The van der Waals surface area contributed by atoms with Crippen molar-refractivity contribution in [3.05, 3.63) is 58.0 Å². The number of anilines is 1. The Balaban J connectivity index is 2.07. The van der Waals surface area contributed by atoms with Crippen LogP contribution in [0.15, 0.2) is 41.2 Å². The molecule has 0 saturated carbocycles. The number of nitrogens with zero attached hydrogens (tertiary/aromatic N) is 1. The van der Waals surface area contributed by atoms with Gasteiger partial charge in [-0.3, -0.25) is 10.1 Å². The summed E-state index contributed by atoms with van der Waals surface area (Å²) in [5.41, 5.74) is 2.67. The minimum atomic E-state index is -0.380. The molecule has 0 atom stereocenters. The molecular weight excluding hydrogens is 220 g/mol. The number of furan rings is 1. The van der Waals surface area contributed by atoms with E-state index in [1.807, 2.05) is 6.07 Å². The topological polar surface area (TPSA) is 68.3 Å². The van der Waals surface area contributed by atoms with E-state index in [0.29, 0.717) is 12.1 Å². The highest BCUT2D eigenvalue weighted by atomic mass is 16.6. The molecule has 0 radical (unpaired) electrons. The minimum absolute atomic E-state index is 0.138. The van der Waals surface area contributed by atoms with Gasteiger partial charge in [0.15, 0.2) is 0 Å². The number of nitrogens with one attached hydrogen (secondary N) is 1. The largest absolute Gasteiger partial charge is 0.472 e. The maximum atomic E-state index is 10.7. The van der Waals surface area contributed by atoms with Gasteiger partial charge in [-0.15, -0.1) is 0 Å². The highest BCUT2D eigenvalue weighted by Gasteiger charge is 2.09. The van der Waals surface area contributed by atoms with E-state index in [0.717, 1.165) is 11.3 Å². The summed E-state index contributed by atoms with van der Waals surface area (Å²) in [5, 5.41) is 13.8. The van der Waals surface area contributed by atoms with E-state index >= 15 is 0 Å². The maximum absolute atomic E-state index is 10.7. The third-order valence-electron chi connectivity index (χ3n) is 2.47. The lowest BCUT2D eigenvalue weighted by Gasteiger charge is -2.05. The second-order valence-corrected chi connectivity index (χ2v) is 3.74.